The molecule has 0 spiro atoms. The number of aryl methyl sites for hydroxylation is 2. The Bertz CT molecular complexity index is 742. The monoisotopic (exact) mass is 270 g/mol. The number of nitrogen functional groups attached to an aromatic ring is 1. The van der Waals surface area contributed by atoms with Crippen LogP contribution in [0.25, 0.3) is 22.8 Å². The number of nitrogens with one attached hydrogen (secondary N) is 1. The second-order valence-corrected chi connectivity index (χ2v) is 4.35. The third-order valence-electron chi connectivity index (χ3n) is 2.92. The summed E-state index contributed by atoms with van der Waals surface area (Å²) < 4.78 is 3.43. The Labute approximate surface area is 115 Å². The maximum atomic E-state index is 5.48. The van der Waals surface area contributed by atoms with Gasteiger partial charge < -0.3 is 5.43 Å². The normalized spacial score (nSPS) is 10.8. The van der Waals surface area contributed by atoms with E-state index in [0.29, 0.717) is 11.6 Å². The molecule has 0 aliphatic rings. The number of nitrogens with zero attached hydrogens (tertiary/aromatic N) is 6. The summed E-state index contributed by atoms with van der Waals surface area (Å²) in [6.45, 7) is 0. The highest BCUT2D eigenvalue weighted by molar-refractivity contribution is 5.65. The van der Waals surface area contributed by atoms with Crippen LogP contribution < -0.4 is 11.3 Å². The van der Waals surface area contributed by atoms with Crippen molar-refractivity contribution >= 4 is 5.82 Å². The van der Waals surface area contributed by atoms with E-state index in [-0.39, 0.29) is 0 Å². The van der Waals surface area contributed by atoms with Crippen LogP contribution >= 0.6 is 0 Å². The lowest BCUT2D eigenvalue weighted by Crippen LogP contribution is -2.10. The van der Waals surface area contributed by atoms with Gasteiger partial charge in [0.25, 0.3) is 0 Å². The van der Waals surface area contributed by atoms with Crippen LogP contribution in [0.3, 0.4) is 0 Å². The molecule has 0 bridgehead atoms. The molecule has 3 N–H and O–H groups in total. The Morgan fingerprint density at radius 3 is 2.65 bits per heavy atom. The number of rotatable bonds is 3. The van der Waals surface area contributed by atoms with E-state index in [0.717, 1.165) is 17.0 Å². The van der Waals surface area contributed by atoms with Crippen LogP contribution in [-0.2, 0) is 14.1 Å². The van der Waals surface area contributed by atoms with Crippen LogP contribution in [0.15, 0.2) is 30.7 Å². The third kappa shape index (κ3) is 2.12. The molecule has 0 saturated carbocycles. The second-order valence-electron chi connectivity index (χ2n) is 4.35. The van der Waals surface area contributed by atoms with Gasteiger partial charge in [0.05, 0.1) is 11.9 Å². The van der Waals surface area contributed by atoms with Gasteiger partial charge in [-0.1, -0.05) is 0 Å². The molecule has 0 radical (unpaired) electrons. The lowest BCUT2D eigenvalue weighted by atomic mass is 10.2. The topological polar surface area (TPSA) is 99.5 Å². The Hall–Kier alpha value is -2.74. The SMILES string of the molecule is Cn1cc(-c2cc(NN)nc(-c3ccnn3C)n2)cn1. The van der Waals surface area contributed by atoms with E-state index in [1.54, 1.807) is 27.8 Å². The van der Waals surface area contributed by atoms with Crippen LogP contribution in [-0.4, -0.2) is 29.5 Å². The van der Waals surface area contributed by atoms with E-state index in [4.69, 9.17) is 5.84 Å². The second kappa shape index (κ2) is 4.74. The van der Waals surface area contributed by atoms with Gasteiger partial charge in [-0.2, -0.15) is 10.2 Å². The van der Waals surface area contributed by atoms with Crippen molar-refractivity contribution in [1.82, 2.24) is 29.5 Å². The van der Waals surface area contributed by atoms with Crippen LogP contribution in [0, 0.1) is 0 Å². The molecule has 0 atom stereocenters. The first-order chi connectivity index (χ1) is 9.67. The van der Waals surface area contributed by atoms with E-state index in [2.05, 4.69) is 25.6 Å². The highest BCUT2D eigenvalue weighted by Gasteiger charge is 2.11. The van der Waals surface area contributed by atoms with Gasteiger partial charge in [0.2, 0.25) is 0 Å². The molecule has 0 unspecified atom stereocenters. The largest absolute Gasteiger partial charge is 0.308 e. The van der Waals surface area contributed by atoms with Gasteiger partial charge in [-0.3, -0.25) is 9.36 Å². The molecule has 0 amide bonds. The Balaban J connectivity index is 2.15. The number of hydrazine groups is 1. The smallest absolute Gasteiger partial charge is 0.180 e. The highest BCUT2D eigenvalue weighted by Crippen LogP contribution is 2.23. The summed E-state index contributed by atoms with van der Waals surface area (Å²) >= 11 is 0. The number of hydrogen-bond acceptors (Lipinski definition) is 6. The van der Waals surface area contributed by atoms with Crippen molar-refractivity contribution < 1.29 is 0 Å². The van der Waals surface area contributed by atoms with Gasteiger partial charge >= 0.3 is 0 Å². The fourth-order valence-electron chi connectivity index (χ4n) is 1.93. The molecular formula is C12H14N8. The van der Waals surface area contributed by atoms with E-state index >= 15 is 0 Å². The van der Waals surface area contributed by atoms with E-state index in [1.807, 2.05) is 26.4 Å². The van der Waals surface area contributed by atoms with Crippen molar-refractivity contribution in [3.05, 3.63) is 30.7 Å². The molecule has 8 nitrogen and oxygen atoms in total. The minimum Gasteiger partial charge on any atom is -0.308 e. The van der Waals surface area contributed by atoms with Gasteiger partial charge in [0.15, 0.2) is 5.82 Å². The molecule has 102 valence electrons. The van der Waals surface area contributed by atoms with Gasteiger partial charge in [0, 0.05) is 38.1 Å². The van der Waals surface area contributed by atoms with Crippen LogP contribution in [0.2, 0.25) is 0 Å². The number of aromatic nitrogens is 6. The lowest BCUT2D eigenvalue weighted by Gasteiger charge is -2.06. The van der Waals surface area contributed by atoms with Gasteiger partial charge in [-0.25, -0.2) is 15.8 Å². The molecular weight excluding hydrogens is 256 g/mol. The zero-order chi connectivity index (χ0) is 14.1. The minimum absolute atomic E-state index is 0.537. The minimum atomic E-state index is 0.537. The fraction of sp³-hybridized carbons (Fsp3) is 0.167. The van der Waals surface area contributed by atoms with Gasteiger partial charge in [-0.05, 0) is 6.07 Å². The Kier molecular flexibility index (Phi) is 2.92. The molecule has 0 aliphatic carbocycles. The Morgan fingerprint density at radius 2 is 2.05 bits per heavy atom. The van der Waals surface area contributed by atoms with Gasteiger partial charge in [0.1, 0.15) is 11.5 Å². The molecule has 0 saturated heterocycles. The van der Waals surface area contributed by atoms with Crippen molar-refractivity contribution in [2.75, 3.05) is 5.43 Å². The molecule has 3 aromatic rings. The summed E-state index contributed by atoms with van der Waals surface area (Å²) in [6.07, 6.45) is 5.33. The summed E-state index contributed by atoms with van der Waals surface area (Å²) in [7, 11) is 3.69. The first-order valence-electron chi connectivity index (χ1n) is 6.00. The molecule has 20 heavy (non-hydrogen) atoms. The Morgan fingerprint density at radius 1 is 1.20 bits per heavy atom. The zero-order valence-corrected chi connectivity index (χ0v) is 11.1. The predicted octanol–water partition coefficient (Wildman–Crippen LogP) is 0.563. The summed E-state index contributed by atoms with van der Waals surface area (Å²) in [5, 5.41) is 8.27. The number of nitrogens with two attached hydrogens (primary N) is 1. The number of hydrogen-bond donors (Lipinski definition) is 2. The molecule has 0 fully saturated rings. The highest BCUT2D eigenvalue weighted by atomic mass is 15.3. The standard InChI is InChI=1S/C12H14N8/c1-19-7-8(6-15-19)9-5-11(18-13)17-12(16-9)10-3-4-14-20(10)2/h3-7H,13H2,1-2H3,(H,16,17,18). The van der Waals surface area contributed by atoms with E-state index < -0.39 is 0 Å². The summed E-state index contributed by atoms with van der Waals surface area (Å²) in [4.78, 5) is 8.90. The summed E-state index contributed by atoms with van der Waals surface area (Å²) in [5.74, 6) is 6.57. The first-order valence-corrected chi connectivity index (χ1v) is 6.00. The first kappa shape index (κ1) is 12.3. The van der Waals surface area contributed by atoms with E-state index in [9.17, 15) is 0 Å². The van der Waals surface area contributed by atoms with Crippen molar-refractivity contribution in [3.8, 4) is 22.8 Å². The molecule has 3 rings (SSSR count). The maximum absolute atomic E-state index is 5.48. The van der Waals surface area contributed by atoms with E-state index in [1.165, 1.54) is 0 Å². The van der Waals surface area contributed by atoms with Gasteiger partial charge in [-0.15, -0.1) is 0 Å². The zero-order valence-electron chi connectivity index (χ0n) is 11.1. The molecule has 3 heterocycles. The van der Waals surface area contributed by atoms with Crippen LogP contribution in [0.5, 0.6) is 0 Å². The average Bonchev–Trinajstić information content (AvgIpc) is 3.07. The van der Waals surface area contributed by atoms with Crippen molar-refractivity contribution in [1.29, 1.82) is 0 Å². The quantitative estimate of drug-likeness (QED) is 0.533. The summed E-state index contributed by atoms with van der Waals surface area (Å²) in [6, 6.07) is 3.62. The lowest BCUT2D eigenvalue weighted by molar-refractivity contribution is 0.767. The molecule has 3 aromatic heterocycles. The maximum Gasteiger partial charge on any atom is 0.180 e. The molecule has 0 aliphatic heterocycles. The summed E-state index contributed by atoms with van der Waals surface area (Å²) in [5.41, 5.74) is 5.02. The van der Waals surface area contributed by atoms with Crippen molar-refractivity contribution in [3.63, 3.8) is 0 Å². The van der Waals surface area contributed by atoms with Crippen LogP contribution in [0.4, 0.5) is 5.82 Å². The molecule has 8 heteroatoms. The third-order valence-corrected chi connectivity index (χ3v) is 2.92. The van der Waals surface area contributed by atoms with Crippen LogP contribution in [0.1, 0.15) is 0 Å². The predicted molar refractivity (Wildman–Crippen MR) is 74.2 cm³/mol. The fourth-order valence-corrected chi connectivity index (χ4v) is 1.93. The average molecular weight is 270 g/mol. The van der Waals surface area contributed by atoms with Crippen molar-refractivity contribution in [2.45, 2.75) is 0 Å². The molecule has 0 aromatic carbocycles. The van der Waals surface area contributed by atoms with Crippen molar-refractivity contribution in [2.24, 2.45) is 19.9 Å². The number of anilines is 1.